The normalized spacial score (nSPS) is 15.6. The molecule has 0 aliphatic heterocycles. The van der Waals surface area contributed by atoms with E-state index in [1.54, 1.807) is 6.07 Å². The number of hydrogen-bond acceptors (Lipinski definition) is 2. The molecule has 1 rings (SSSR count). The summed E-state index contributed by atoms with van der Waals surface area (Å²) in [5.41, 5.74) is 1.84. The minimum Gasteiger partial charge on any atom is -0.496 e. The van der Waals surface area contributed by atoms with Crippen LogP contribution in [0, 0.1) is 0 Å². The second-order valence-electron chi connectivity index (χ2n) is 3.61. The molecule has 1 aromatic carbocycles. The maximum atomic E-state index is 14.1. The summed E-state index contributed by atoms with van der Waals surface area (Å²) in [6.07, 6.45) is 0. The smallest absolute Gasteiger partial charge is 0.297 e. The highest BCUT2D eigenvalue weighted by Gasteiger charge is 2.52. The van der Waals surface area contributed by atoms with Gasteiger partial charge in [0.2, 0.25) is 5.67 Å². The summed E-state index contributed by atoms with van der Waals surface area (Å²) in [7, 11) is 1.30. The van der Waals surface area contributed by atoms with Crippen LogP contribution in [0.2, 0.25) is 0 Å². The summed E-state index contributed by atoms with van der Waals surface area (Å²) in [4.78, 5) is 0. The van der Waals surface area contributed by atoms with Crippen LogP contribution in [0.15, 0.2) is 24.3 Å². The molecule has 0 heterocycles. The Balaban J connectivity index is 3.26. The van der Waals surface area contributed by atoms with Crippen LogP contribution in [-0.4, -0.2) is 19.6 Å². The third kappa shape index (κ3) is 2.00. The number of alkyl halides is 3. The van der Waals surface area contributed by atoms with Gasteiger partial charge < -0.3 is 10.5 Å². The topological polar surface area (TPSA) is 35.2 Å². The number of nitrogens with two attached hydrogens (primary N) is 1. The zero-order valence-corrected chi connectivity index (χ0v) is 9.14. The zero-order chi connectivity index (χ0) is 12.4. The van der Waals surface area contributed by atoms with E-state index >= 15 is 0 Å². The Kier molecular flexibility index (Phi) is 3.48. The maximum Gasteiger partial charge on any atom is 0.297 e. The van der Waals surface area contributed by atoms with E-state index in [2.05, 4.69) is 0 Å². The predicted molar refractivity (Wildman–Crippen MR) is 55.5 cm³/mol. The Bertz CT molecular complexity index is 366. The first-order valence-corrected chi connectivity index (χ1v) is 4.77. The Morgan fingerprint density at radius 2 is 1.81 bits per heavy atom. The molecule has 5 heteroatoms. The SMILES string of the molecule is COc1ccccc1C(C)(F)C(F)(F)CN. The van der Waals surface area contributed by atoms with Crippen LogP contribution in [0.3, 0.4) is 0 Å². The third-order valence-corrected chi connectivity index (χ3v) is 2.56. The molecular formula is C11H14F3NO. The van der Waals surface area contributed by atoms with Crippen molar-refractivity contribution in [2.24, 2.45) is 5.73 Å². The molecule has 0 aliphatic rings. The van der Waals surface area contributed by atoms with Gasteiger partial charge in [-0.25, -0.2) is 13.2 Å². The van der Waals surface area contributed by atoms with Crippen molar-refractivity contribution in [3.8, 4) is 5.75 Å². The molecule has 90 valence electrons. The predicted octanol–water partition coefficient (Wildman–Crippen LogP) is 2.47. The standard InChI is InChI=1S/C11H14F3NO/c1-10(12,11(13,14)7-15)8-5-3-4-6-9(8)16-2/h3-6H,7,15H2,1-2H3. The van der Waals surface area contributed by atoms with Crippen LogP contribution >= 0.6 is 0 Å². The summed E-state index contributed by atoms with van der Waals surface area (Å²) in [5.74, 6) is -3.55. The average molecular weight is 233 g/mol. The van der Waals surface area contributed by atoms with Crippen molar-refractivity contribution in [1.29, 1.82) is 0 Å². The van der Waals surface area contributed by atoms with E-state index in [1.807, 2.05) is 0 Å². The molecule has 0 bridgehead atoms. The summed E-state index contributed by atoms with van der Waals surface area (Å²) < 4.78 is 45.7. The number of benzene rings is 1. The monoisotopic (exact) mass is 233 g/mol. The van der Waals surface area contributed by atoms with Gasteiger partial charge in [-0.2, -0.15) is 0 Å². The second kappa shape index (κ2) is 4.33. The van der Waals surface area contributed by atoms with E-state index in [4.69, 9.17) is 10.5 Å². The van der Waals surface area contributed by atoms with Gasteiger partial charge in [0.05, 0.1) is 13.7 Å². The van der Waals surface area contributed by atoms with Gasteiger partial charge >= 0.3 is 0 Å². The van der Waals surface area contributed by atoms with Crippen molar-refractivity contribution in [3.05, 3.63) is 29.8 Å². The van der Waals surface area contributed by atoms with E-state index in [0.717, 1.165) is 6.92 Å². The largest absolute Gasteiger partial charge is 0.496 e. The Labute approximate surface area is 92.2 Å². The first-order chi connectivity index (χ1) is 7.36. The lowest BCUT2D eigenvalue weighted by Crippen LogP contribution is -2.45. The van der Waals surface area contributed by atoms with Gasteiger partial charge in [0.15, 0.2) is 0 Å². The van der Waals surface area contributed by atoms with Crippen LogP contribution in [-0.2, 0) is 5.67 Å². The molecule has 0 fully saturated rings. The van der Waals surface area contributed by atoms with E-state index in [1.165, 1.54) is 25.3 Å². The van der Waals surface area contributed by atoms with Crippen LogP contribution < -0.4 is 10.5 Å². The van der Waals surface area contributed by atoms with Gasteiger partial charge in [0, 0.05) is 5.56 Å². The number of ether oxygens (including phenoxy) is 1. The minimum atomic E-state index is -3.64. The van der Waals surface area contributed by atoms with Gasteiger partial charge in [0.1, 0.15) is 5.75 Å². The molecule has 0 spiro atoms. The van der Waals surface area contributed by atoms with E-state index in [-0.39, 0.29) is 11.3 Å². The van der Waals surface area contributed by atoms with Crippen molar-refractivity contribution >= 4 is 0 Å². The number of hydrogen-bond donors (Lipinski definition) is 1. The molecule has 0 aliphatic carbocycles. The lowest BCUT2D eigenvalue weighted by Gasteiger charge is -2.30. The molecule has 0 amide bonds. The number of para-hydroxylation sites is 1. The van der Waals surface area contributed by atoms with Gasteiger partial charge in [-0.3, -0.25) is 0 Å². The molecule has 2 nitrogen and oxygen atoms in total. The fourth-order valence-corrected chi connectivity index (χ4v) is 1.42. The summed E-state index contributed by atoms with van der Waals surface area (Å²) >= 11 is 0. The highest BCUT2D eigenvalue weighted by Crippen LogP contribution is 2.43. The van der Waals surface area contributed by atoms with Crippen LogP contribution in [0.4, 0.5) is 13.2 Å². The van der Waals surface area contributed by atoms with Gasteiger partial charge in [-0.1, -0.05) is 18.2 Å². The summed E-state index contributed by atoms with van der Waals surface area (Å²) in [6.45, 7) is -0.254. The number of methoxy groups -OCH3 is 1. The van der Waals surface area contributed by atoms with Gasteiger partial charge in [0.25, 0.3) is 5.92 Å². The molecule has 1 atom stereocenters. The molecule has 2 N–H and O–H groups in total. The van der Waals surface area contributed by atoms with Crippen LogP contribution in [0.1, 0.15) is 12.5 Å². The number of halogens is 3. The van der Waals surface area contributed by atoms with Crippen molar-refractivity contribution in [1.82, 2.24) is 0 Å². The molecule has 0 aromatic heterocycles. The average Bonchev–Trinajstić information content (AvgIpc) is 2.28. The van der Waals surface area contributed by atoms with E-state index in [9.17, 15) is 13.2 Å². The maximum absolute atomic E-state index is 14.1. The second-order valence-corrected chi connectivity index (χ2v) is 3.61. The Morgan fingerprint density at radius 3 is 2.31 bits per heavy atom. The summed E-state index contributed by atoms with van der Waals surface area (Å²) in [5, 5.41) is 0. The molecule has 1 unspecified atom stereocenters. The third-order valence-electron chi connectivity index (χ3n) is 2.56. The van der Waals surface area contributed by atoms with Crippen molar-refractivity contribution in [3.63, 3.8) is 0 Å². The lowest BCUT2D eigenvalue weighted by atomic mass is 9.90. The highest BCUT2D eigenvalue weighted by atomic mass is 19.3. The number of rotatable bonds is 4. The zero-order valence-electron chi connectivity index (χ0n) is 9.14. The van der Waals surface area contributed by atoms with Crippen LogP contribution in [0.5, 0.6) is 5.75 Å². The van der Waals surface area contributed by atoms with Crippen molar-refractivity contribution < 1.29 is 17.9 Å². The summed E-state index contributed by atoms with van der Waals surface area (Å²) in [6, 6.07) is 5.75. The van der Waals surface area contributed by atoms with Crippen molar-refractivity contribution in [2.75, 3.05) is 13.7 Å². The van der Waals surface area contributed by atoms with Gasteiger partial charge in [-0.15, -0.1) is 0 Å². The van der Waals surface area contributed by atoms with E-state index < -0.39 is 18.1 Å². The fourth-order valence-electron chi connectivity index (χ4n) is 1.42. The molecule has 0 radical (unpaired) electrons. The lowest BCUT2D eigenvalue weighted by molar-refractivity contribution is -0.126. The van der Waals surface area contributed by atoms with Crippen molar-refractivity contribution in [2.45, 2.75) is 18.5 Å². The first kappa shape index (κ1) is 12.8. The first-order valence-electron chi connectivity index (χ1n) is 4.77. The Morgan fingerprint density at radius 1 is 1.25 bits per heavy atom. The molecular weight excluding hydrogens is 219 g/mol. The molecule has 0 saturated carbocycles. The van der Waals surface area contributed by atoms with E-state index in [0.29, 0.717) is 0 Å². The molecule has 0 saturated heterocycles. The quantitative estimate of drug-likeness (QED) is 0.867. The molecule has 1 aromatic rings. The highest BCUT2D eigenvalue weighted by molar-refractivity contribution is 5.39. The minimum absolute atomic E-state index is 0.0839. The fraction of sp³-hybridized carbons (Fsp3) is 0.455. The van der Waals surface area contributed by atoms with Gasteiger partial charge in [-0.05, 0) is 13.0 Å². The van der Waals surface area contributed by atoms with Crippen LogP contribution in [0.25, 0.3) is 0 Å². The Hall–Kier alpha value is -1.23. The molecule has 16 heavy (non-hydrogen) atoms.